The summed E-state index contributed by atoms with van der Waals surface area (Å²) in [7, 11) is 1.71. The second-order valence-electron chi connectivity index (χ2n) is 3.68. The highest BCUT2D eigenvalue weighted by atomic mass is 16.5. The quantitative estimate of drug-likeness (QED) is 0.635. The van der Waals surface area contributed by atoms with Crippen molar-refractivity contribution in [3.63, 3.8) is 0 Å². The first-order chi connectivity index (χ1) is 6.81. The molecule has 1 aliphatic carbocycles. The van der Waals surface area contributed by atoms with Gasteiger partial charge in [0.25, 0.3) is 0 Å². The Morgan fingerprint density at radius 3 is 2.93 bits per heavy atom. The van der Waals surface area contributed by atoms with E-state index in [2.05, 4.69) is 0 Å². The summed E-state index contributed by atoms with van der Waals surface area (Å²) in [6.45, 7) is 0. The average molecular weight is 190 g/mol. The molecule has 2 heteroatoms. The largest absolute Gasteiger partial charge is 0.381 e. The molecule has 0 fully saturated rings. The maximum absolute atomic E-state index is 11.7. The van der Waals surface area contributed by atoms with Crippen LogP contribution < -0.4 is 0 Å². The van der Waals surface area contributed by atoms with Crippen LogP contribution in [0.3, 0.4) is 0 Å². The van der Waals surface area contributed by atoms with Crippen LogP contribution >= 0.6 is 0 Å². The molecule has 0 amide bonds. The zero-order valence-corrected chi connectivity index (χ0v) is 8.32. The number of carbonyl (C=O) groups is 1. The van der Waals surface area contributed by atoms with Gasteiger partial charge in [-0.2, -0.15) is 0 Å². The number of rotatable bonds is 1. The van der Waals surface area contributed by atoms with Crippen LogP contribution in [0, 0.1) is 0 Å². The van der Waals surface area contributed by atoms with Gasteiger partial charge in [-0.25, -0.2) is 0 Å². The van der Waals surface area contributed by atoms with Gasteiger partial charge in [0.1, 0.15) is 0 Å². The fraction of sp³-hybridized carbons (Fsp3) is 0.417. The molecule has 0 heterocycles. The third-order valence-corrected chi connectivity index (χ3v) is 2.79. The van der Waals surface area contributed by atoms with Crippen molar-refractivity contribution in [1.29, 1.82) is 0 Å². The van der Waals surface area contributed by atoms with E-state index in [4.69, 9.17) is 4.74 Å². The van der Waals surface area contributed by atoms with E-state index < -0.39 is 0 Å². The van der Waals surface area contributed by atoms with Crippen LogP contribution in [0.2, 0.25) is 0 Å². The Balaban J connectivity index is 2.36. The summed E-state index contributed by atoms with van der Waals surface area (Å²) in [6.07, 6.45) is 2.50. The molecule has 2 nitrogen and oxygen atoms in total. The normalized spacial score (nSPS) is 21.5. The van der Waals surface area contributed by atoms with E-state index in [1.165, 1.54) is 0 Å². The Hall–Kier alpha value is -1.15. The van der Waals surface area contributed by atoms with Crippen molar-refractivity contribution < 1.29 is 9.53 Å². The van der Waals surface area contributed by atoms with E-state index >= 15 is 0 Å². The average Bonchev–Trinajstić information content (AvgIpc) is 2.39. The number of benzene rings is 1. The fourth-order valence-electron chi connectivity index (χ4n) is 1.95. The predicted molar refractivity (Wildman–Crippen MR) is 54.5 cm³/mol. The highest BCUT2D eigenvalue weighted by Gasteiger charge is 2.20. The van der Waals surface area contributed by atoms with Gasteiger partial charge in [0, 0.05) is 19.1 Å². The first kappa shape index (κ1) is 9.41. The Morgan fingerprint density at radius 1 is 1.36 bits per heavy atom. The first-order valence-electron chi connectivity index (χ1n) is 4.95. The standard InChI is InChI=1S/C12H14O2/c1-14-10-6-7-12(13)11-5-3-2-4-9(11)8-10/h2-5,10H,6-8H2,1H3. The van der Waals surface area contributed by atoms with Crippen molar-refractivity contribution in [2.45, 2.75) is 25.4 Å². The predicted octanol–water partition coefficient (Wildman–Crippen LogP) is 2.22. The van der Waals surface area contributed by atoms with Crippen LogP contribution in [0.4, 0.5) is 0 Å². The second kappa shape index (κ2) is 3.93. The zero-order valence-electron chi connectivity index (χ0n) is 8.32. The van der Waals surface area contributed by atoms with Gasteiger partial charge in [0.15, 0.2) is 5.78 Å². The van der Waals surface area contributed by atoms with E-state index in [1.807, 2.05) is 24.3 Å². The smallest absolute Gasteiger partial charge is 0.163 e. The zero-order chi connectivity index (χ0) is 9.97. The molecule has 1 unspecified atom stereocenters. The summed E-state index contributed by atoms with van der Waals surface area (Å²) in [5, 5.41) is 0. The van der Waals surface area contributed by atoms with Crippen molar-refractivity contribution in [3.8, 4) is 0 Å². The third-order valence-electron chi connectivity index (χ3n) is 2.79. The molecular formula is C12H14O2. The minimum Gasteiger partial charge on any atom is -0.381 e. The molecule has 14 heavy (non-hydrogen) atoms. The lowest BCUT2D eigenvalue weighted by Crippen LogP contribution is -2.12. The molecule has 74 valence electrons. The van der Waals surface area contributed by atoms with Crippen molar-refractivity contribution in [3.05, 3.63) is 35.4 Å². The minimum absolute atomic E-state index is 0.197. The Kier molecular flexibility index (Phi) is 2.64. The van der Waals surface area contributed by atoms with E-state index in [0.717, 1.165) is 24.0 Å². The maximum atomic E-state index is 11.7. The van der Waals surface area contributed by atoms with E-state index in [9.17, 15) is 4.79 Å². The van der Waals surface area contributed by atoms with Crippen molar-refractivity contribution in [2.24, 2.45) is 0 Å². The highest BCUT2D eigenvalue weighted by molar-refractivity contribution is 5.97. The Bertz CT molecular complexity index is 344. The van der Waals surface area contributed by atoms with Crippen molar-refractivity contribution in [1.82, 2.24) is 0 Å². The lowest BCUT2D eigenvalue weighted by Gasteiger charge is -2.11. The molecular weight excluding hydrogens is 176 g/mol. The van der Waals surface area contributed by atoms with Crippen LogP contribution in [0.1, 0.15) is 28.8 Å². The third kappa shape index (κ3) is 1.70. The van der Waals surface area contributed by atoms with Crippen molar-refractivity contribution >= 4 is 5.78 Å². The monoisotopic (exact) mass is 190 g/mol. The van der Waals surface area contributed by atoms with Gasteiger partial charge in [0.2, 0.25) is 0 Å². The van der Waals surface area contributed by atoms with Gasteiger partial charge in [0.05, 0.1) is 6.10 Å². The van der Waals surface area contributed by atoms with Gasteiger partial charge in [-0.1, -0.05) is 24.3 Å². The van der Waals surface area contributed by atoms with E-state index in [1.54, 1.807) is 7.11 Å². The SMILES string of the molecule is COC1CCC(=O)c2ccccc2C1. The Morgan fingerprint density at radius 2 is 2.14 bits per heavy atom. The molecule has 1 aromatic carbocycles. The van der Waals surface area contributed by atoms with Crippen LogP contribution in [0.25, 0.3) is 0 Å². The van der Waals surface area contributed by atoms with Crippen LogP contribution in [-0.4, -0.2) is 19.0 Å². The lowest BCUT2D eigenvalue weighted by molar-refractivity contribution is 0.0852. The number of Topliss-reactive ketones (excluding diaryl/α,β-unsaturated/α-hetero) is 1. The van der Waals surface area contributed by atoms with Gasteiger partial charge < -0.3 is 4.74 Å². The number of methoxy groups -OCH3 is 1. The summed E-state index contributed by atoms with van der Waals surface area (Å²) < 4.78 is 5.32. The van der Waals surface area contributed by atoms with E-state index in [0.29, 0.717) is 6.42 Å². The van der Waals surface area contributed by atoms with Gasteiger partial charge in [-0.3, -0.25) is 4.79 Å². The summed E-state index contributed by atoms with van der Waals surface area (Å²) in [5.41, 5.74) is 2.01. The molecule has 0 saturated carbocycles. The summed E-state index contributed by atoms with van der Waals surface area (Å²) in [5.74, 6) is 0.250. The minimum atomic E-state index is 0.197. The molecule has 0 bridgehead atoms. The molecule has 2 rings (SSSR count). The molecule has 0 N–H and O–H groups in total. The Labute approximate surface area is 83.9 Å². The number of ether oxygens (including phenoxy) is 1. The molecule has 1 aromatic rings. The highest BCUT2D eigenvalue weighted by Crippen LogP contribution is 2.21. The second-order valence-corrected chi connectivity index (χ2v) is 3.68. The van der Waals surface area contributed by atoms with Crippen LogP contribution in [0.15, 0.2) is 24.3 Å². The van der Waals surface area contributed by atoms with Gasteiger partial charge in [-0.15, -0.1) is 0 Å². The molecule has 0 aromatic heterocycles. The summed E-state index contributed by atoms with van der Waals surface area (Å²) >= 11 is 0. The number of fused-ring (bicyclic) bond motifs is 1. The van der Waals surface area contributed by atoms with Gasteiger partial charge >= 0.3 is 0 Å². The van der Waals surface area contributed by atoms with Crippen molar-refractivity contribution in [2.75, 3.05) is 7.11 Å². The van der Waals surface area contributed by atoms with Crippen LogP contribution in [0.5, 0.6) is 0 Å². The summed E-state index contributed by atoms with van der Waals surface area (Å²) in [6, 6.07) is 7.83. The van der Waals surface area contributed by atoms with E-state index in [-0.39, 0.29) is 11.9 Å². The number of hydrogen-bond donors (Lipinski definition) is 0. The molecule has 1 atom stereocenters. The number of carbonyl (C=O) groups excluding carboxylic acids is 1. The lowest BCUT2D eigenvalue weighted by atomic mass is 10.0. The topological polar surface area (TPSA) is 26.3 Å². The number of ketones is 1. The number of hydrogen-bond acceptors (Lipinski definition) is 2. The molecule has 1 aliphatic rings. The maximum Gasteiger partial charge on any atom is 0.163 e. The fourth-order valence-corrected chi connectivity index (χ4v) is 1.95. The van der Waals surface area contributed by atoms with Gasteiger partial charge in [-0.05, 0) is 18.4 Å². The summed E-state index contributed by atoms with van der Waals surface area (Å²) in [4.78, 5) is 11.7. The molecule has 0 saturated heterocycles. The molecule has 0 radical (unpaired) electrons. The van der Waals surface area contributed by atoms with Crippen LogP contribution in [-0.2, 0) is 11.2 Å². The molecule has 0 spiro atoms. The first-order valence-corrected chi connectivity index (χ1v) is 4.95. The molecule has 0 aliphatic heterocycles.